The third kappa shape index (κ3) is 10.0. The Morgan fingerprint density at radius 2 is 1.68 bits per heavy atom. The molecule has 2 aliphatic rings. The van der Waals surface area contributed by atoms with Gasteiger partial charge in [-0.2, -0.15) is 13.2 Å². The number of carbonyl (C=O) groups excluding carboxylic acids is 2. The summed E-state index contributed by atoms with van der Waals surface area (Å²) in [6.45, 7) is 7.14. The number of thiazole rings is 1. The lowest BCUT2D eigenvalue weighted by Crippen LogP contribution is -2.37. The summed E-state index contributed by atoms with van der Waals surface area (Å²) in [6.07, 6.45) is -1.38. The Morgan fingerprint density at radius 3 is 2.41 bits per heavy atom. The van der Waals surface area contributed by atoms with Crippen LogP contribution < -0.4 is 15.0 Å². The summed E-state index contributed by atoms with van der Waals surface area (Å²) in [5, 5.41) is 12.5. The van der Waals surface area contributed by atoms with Gasteiger partial charge in [0.05, 0.1) is 23.4 Å². The van der Waals surface area contributed by atoms with E-state index in [1.54, 1.807) is 32.9 Å². The second kappa shape index (κ2) is 17.4. The van der Waals surface area contributed by atoms with Crippen LogP contribution in [0, 0.1) is 5.92 Å². The summed E-state index contributed by atoms with van der Waals surface area (Å²) in [7, 11) is 0. The van der Waals surface area contributed by atoms with E-state index in [1.165, 1.54) is 35.6 Å². The average Bonchev–Trinajstić information content (AvgIpc) is 3.60. The van der Waals surface area contributed by atoms with Gasteiger partial charge in [-0.25, -0.2) is 14.8 Å². The van der Waals surface area contributed by atoms with Crippen molar-refractivity contribution in [2.45, 2.75) is 71.2 Å². The summed E-state index contributed by atoms with van der Waals surface area (Å²) < 4.78 is 57.5. The van der Waals surface area contributed by atoms with Crippen molar-refractivity contribution >= 4 is 50.3 Å². The number of ether oxygens (including phenoxy) is 2. The number of benzene rings is 3. The number of aromatic nitrogens is 2. The van der Waals surface area contributed by atoms with E-state index in [4.69, 9.17) is 19.6 Å². The second-order valence-electron chi connectivity index (χ2n) is 15.9. The van der Waals surface area contributed by atoms with Gasteiger partial charge in [-0.1, -0.05) is 47.7 Å². The number of nitrogens with zero attached hydrogens (tertiary/aromatic N) is 4. The summed E-state index contributed by atoms with van der Waals surface area (Å²) in [4.78, 5) is 51.6. The first-order chi connectivity index (χ1) is 28.1. The maximum Gasteiger partial charge on any atom is 0.420 e. The highest BCUT2D eigenvalue weighted by Crippen LogP contribution is 2.44. The van der Waals surface area contributed by atoms with E-state index < -0.39 is 29.3 Å². The number of piperidine rings is 1. The normalized spacial score (nSPS) is 15.2. The Hall–Kier alpha value is -5.54. The number of rotatable bonds is 12. The molecule has 2 aliphatic heterocycles. The molecule has 0 bridgehead atoms. The number of pyridine rings is 1. The molecule has 0 radical (unpaired) electrons. The SMILES string of the molecule is CC(C)(C)OC(=O)c1nc(N2CCc3cccc(C(=O)Nc4nc5ccccc5s4)c3C2)ccc1-c1cccc(OCCCC2CCN(CC(=O)O)CC2)c1C(F)(F)F. The van der Waals surface area contributed by atoms with Crippen molar-refractivity contribution in [1.29, 1.82) is 0 Å². The average molecular weight is 830 g/mol. The van der Waals surface area contributed by atoms with E-state index in [2.05, 4.69) is 10.3 Å². The van der Waals surface area contributed by atoms with Gasteiger partial charge < -0.3 is 19.5 Å². The largest absolute Gasteiger partial charge is 0.493 e. The number of anilines is 2. The van der Waals surface area contributed by atoms with Crippen LogP contribution in [0.3, 0.4) is 0 Å². The minimum absolute atomic E-state index is 0.00104. The molecular weight excluding hydrogens is 784 g/mol. The highest BCUT2D eigenvalue weighted by molar-refractivity contribution is 7.22. The van der Waals surface area contributed by atoms with Crippen LogP contribution in [0.4, 0.5) is 24.1 Å². The Bertz CT molecular complexity index is 2320. The van der Waals surface area contributed by atoms with Crippen LogP contribution >= 0.6 is 11.3 Å². The quantitative estimate of drug-likeness (QED) is 0.0927. The van der Waals surface area contributed by atoms with Crippen molar-refractivity contribution in [3.05, 3.63) is 101 Å². The lowest BCUT2D eigenvalue weighted by molar-refractivity contribution is -0.139. The van der Waals surface area contributed by atoms with Gasteiger partial charge in [0.25, 0.3) is 5.91 Å². The third-order valence-corrected chi connectivity index (χ3v) is 11.5. The van der Waals surface area contributed by atoms with E-state index in [0.29, 0.717) is 54.9 Å². The molecule has 310 valence electrons. The summed E-state index contributed by atoms with van der Waals surface area (Å²) >= 11 is 1.38. The first-order valence-electron chi connectivity index (χ1n) is 19.7. The highest BCUT2D eigenvalue weighted by atomic mass is 32.1. The number of fused-ring (bicyclic) bond motifs is 2. The molecule has 59 heavy (non-hydrogen) atoms. The summed E-state index contributed by atoms with van der Waals surface area (Å²) in [5.41, 5.74) is 0.422. The van der Waals surface area contributed by atoms with Gasteiger partial charge in [-0.3, -0.25) is 19.8 Å². The Balaban J connectivity index is 1.14. The third-order valence-electron chi connectivity index (χ3n) is 10.5. The maximum atomic E-state index is 15.0. The standard InChI is InChI=1S/C44H46F3N5O6S/c1-43(2,3)58-41(56)39-30(29-11-7-14-34(38(29)44(45,46)47)57-24-8-9-27-18-21-51(22-19-27)26-37(53)54)16-17-36(49-39)52-23-20-28-10-6-12-31(32(28)25-52)40(55)50-42-48-33-13-4-5-15-35(33)59-42/h4-7,10-17,27H,8-9,18-26H2,1-3H3,(H,53,54)(H,48,50,55). The molecule has 0 unspecified atom stereocenters. The molecule has 3 aromatic carbocycles. The summed E-state index contributed by atoms with van der Waals surface area (Å²) in [5.74, 6) is -1.74. The predicted molar refractivity (Wildman–Crippen MR) is 220 cm³/mol. The van der Waals surface area contributed by atoms with Gasteiger partial charge in [0, 0.05) is 29.8 Å². The van der Waals surface area contributed by atoms with Gasteiger partial charge in [-0.05, 0) is 119 Å². The lowest BCUT2D eigenvalue weighted by Gasteiger charge is -2.31. The van der Waals surface area contributed by atoms with Crippen LogP contribution in [0.25, 0.3) is 21.3 Å². The Morgan fingerprint density at radius 1 is 0.915 bits per heavy atom. The van der Waals surface area contributed by atoms with Gasteiger partial charge in [0.15, 0.2) is 10.8 Å². The number of carbonyl (C=O) groups is 3. The fourth-order valence-electron chi connectivity index (χ4n) is 7.75. The zero-order valence-electron chi connectivity index (χ0n) is 33.1. The number of hydrogen-bond donors (Lipinski definition) is 2. The molecule has 15 heteroatoms. The molecule has 1 amide bonds. The van der Waals surface area contributed by atoms with Crippen LogP contribution in [0.15, 0.2) is 72.8 Å². The van der Waals surface area contributed by atoms with Crippen molar-refractivity contribution in [1.82, 2.24) is 14.9 Å². The number of carboxylic acid groups (broad SMARTS) is 1. The molecule has 1 saturated heterocycles. The molecule has 0 saturated carbocycles. The Labute approximate surface area is 344 Å². The first kappa shape index (κ1) is 41.6. The van der Waals surface area contributed by atoms with Crippen LogP contribution in [-0.2, 0) is 28.7 Å². The highest BCUT2D eigenvalue weighted by Gasteiger charge is 2.39. The number of halogens is 3. The second-order valence-corrected chi connectivity index (χ2v) is 16.9. The van der Waals surface area contributed by atoms with Crippen molar-refractivity contribution < 1.29 is 42.1 Å². The number of carboxylic acids is 1. The minimum atomic E-state index is -4.84. The maximum absolute atomic E-state index is 15.0. The number of para-hydroxylation sites is 1. The number of esters is 1. The van der Waals surface area contributed by atoms with Crippen LogP contribution in [-0.4, -0.2) is 76.2 Å². The van der Waals surface area contributed by atoms with Crippen LogP contribution in [0.1, 0.15) is 84.0 Å². The molecule has 0 atom stereocenters. The van der Waals surface area contributed by atoms with Crippen LogP contribution in [0.2, 0.25) is 0 Å². The van der Waals surface area contributed by atoms with Gasteiger partial charge in [0.1, 0.15) is 22.7 Å². The molecule has 5 aromatic rings. The topological polar surface area (TPSA) is 134 Å². The molecule has 7 rings (SSSR count). The van der Waals surface area contributed by atoms with Crippen molar-refractivity contribution in [2.75, 3.05) is 43.0 Å². The molecule has 2 aromatic heterocycles. The zero-order valence-corrected chi connectivity index (χ0v) is 33.9. The van der Waals surface area contributed by atoms with Crippen molar-refractivity contribution in [2.24, 2.45) is 5.92 Å². The van der Waals surface area contributed by atoms with Gasteiger partial charge in [0.2, 0.25) is 0 Å². The van der Waals surface area contributed by atoms with Gasteiger partial charge >= 0.3 is 18.1 Å². The van der Waals surface area contributed by atoms with E-state index in [1.807, 2.05) is 46.2 Å². The number of likely N-dealkylation sites (tertiary alicyclic amines) is 1. The van der Waals surface area contributed by atoms with Crippen LogP contribution in [0.5, 0.6) is 5.75 Å². The number of hydrogen-bond acceptors (Lipinski definition) is 10. The molecular formula is C44H46F3N5O6S. The fourth-order valence-corrected chi connectivity index (χ4v) is 8.61. The molecule has 0 aliphatic carbocycles. The molecule has 0 spiro atoms. The van der Waals surface area contributed by atoms with E-state index >= 15 is 13.2 Å². The van der Waals surface area contributed by atoms with E-state index in [0.717, 1.165) is 40.6 Å². The zero-order chi connectivity index (χ0) is 41.9. The van der Waals surface area contributed by atoms with E-state index in [9.17, 15) is 14.4 Å². The number of amides is 1. The van der Waals surface area contributed by atoms with Crippen molar-refractivity contribution in [3.8, 4) is 16.9 Å². The fraction of sp³-hybridized carbons (Fsp3) is 0.386. The first-order valence-corrected chi connectivity index (χ1v) is 20.5. The van der Waals surface area contributed by atoms with Crippen molar-refractivity contribution in [3.63, 3.8) is 0 Å². The Kier molecular flexibility index (Phi) is 12.2. The number of aliphatic carboxylic acids is 1. The van der Waals surface area contributed by atoms with Gasteiger partial charge in [-0.15, -0.1) is 0 Å². The summed E-state index contributed by atoms with van der Waals surface area (Å²) in [6, 6.07) is 20.3. The molecule has 11 nitrogen and oxygen atoms in total. The number of alkyl halides is 3. The molecule has 4 heterocycles. The molecule has 1 fully saturated rings. The number of nitrogens with one attached hydrogen (secondary N) is 1. The lowest BCUT2D eigenvalue weighted by atomic mass is 9.92. The van der Waals surface area contributed by atoms with E-state index in [-0.39, 0.29) is 48.2 Å². The smallest absolute Gasteiger partial charge is 0.420 e. The molecule has 2 N–H and O–H groups in total. The monoisotopic (exact) mass is 829 g/mol. The minimum Gasteiger partial charge on any atom is -0.493 e. The predicted octanol–water partition coefficient (Wildman–Crippen LogP) is 9.10.